The number of carbonyl (C=O) groups is 1. The molecule has 0 aliphatic carbocycles. The van der Waals surface area contributed by atoms with Crippen molar-refractivity contribution in [2.45, 2.75) is 24.0 Å². The first-order valence-corrected chi connectivity index (χ1v) is 10.9. The first-order valence-electron chi connectivity index (χ1n) is 9.46. The van der Waals surface area contributed by atoms with Crippen LogP contribution in [0.1, 0.15) is 34.5 Å². The molecule has 1 unspecified atom stereocenters. The lowest BCUT2D eigenvalue weighted by Gasteiger charge is -2.25. The Morgan fingerprint density at radius 1 is 1.03 bits per heavy atom. The van der Waals surface area contributed by atoms with Gasteiger partial charge in [0.05, 0.1) is 16.5 Å². The number of amides is 1. The van der Waals surface area contributed by atoms with E-state index in [0.717, 1.165) is 17.7 Å². The van der Waals surface area contributed by atoms with Crippen molar-refractivity contribution in [3.05, 3.63) is 89.7 Å². The number of nitrogens with zero attached hydrogens (tertiary/aromatic N) is 2. The second kappa shape index (κ2) is 8.99. The molecule has 3 aromatic rings. The van der Waals surface area contributed by atoms with Crippen LogP contribution in [0.5, 0.6) is 0 Å². The highest BCUT2D eigenvalue weighted by molar-refractivity contribution is 7.92. The Bertz CT molecular complexity index is 1200. The van der Waals surface area contributed by atoms with Gasteiger partial charge in [0.25, 0.3) is 15.9 Å². The van der Waals surface area contributed by atoms with Crippen LogP contribution in [-0.4, -0.2) is 31.3 Å². The van der Waals surface area contributed by atoms with E-state index in [-0.39, 0.29) is 28.1 Å². The fourth-order valence-corrected chi connectivity index (χ4v) is 4.04. The van der Waals surface area contributed by atoms with E-state index in [4.69, 9.17) is 0 Å². The number of benzene rings is 2. The summed E-state index contributed by atoms with van der Waals surface area (Å²) < 4.78 is 65.9. The molecule has 0 aliphatic heterocycles. The van der Waals surface area contributed by atoms with Crippen LogP contribution in [0.15, 0.2) is 78.0 Å². The molecule has 0 saturated heterocycles. The lowest BCUT2D eigenvalue weighted by molar-refractivity contribution is -0.137. The summed E-state index contributed by atoms with van der Waals surface area (Å²) in [5.74, 6) is -0.316. The standard InChI is InChI=1S/C22H20F3N3O3S/c1-15(16-10-12-26-13-11-16)28(2)21(29)17-6-8-20(9-7-17)32(30,31)27-19-5-3-4-18(14-19)22(23,24)25/h3-15,27H,1-2H3. The number of carbonyl (C=O) groups excluding carboxylic acids is 1. The number of alkyl halides is 3. The number of hydrogen-bond acceptors (Lipinski definition) is 4. The lowest BCUT2D eigenvalue weighted by atomic mass is 10.1. The second-order valence-corrected chi connectivity index (χ2v) is 8.76. The predicted molar refractivity (Wildman–Crippen MR) is 113 cm³/mol. The fourth-order valence-electron chi connectivity index (χ4n) is 2.99. The summed E-state index contributed by atoms with van der Waals surface area (Å²) in [7, 11) is -2.51. The average molecular weight is 463 g/mol. The van der Waals surface area contributed by atoms with Gasteiger partial charge in [-0.25, -0.2) is 8.42 Å². The topological polar surface area (TPSA) is 79.4 Å². The highest BCUT2D eigenvalue weighted by atomic mass is 32.2. The van der Waals surface area contributed by atoms with Crippen LogP contribution >= 0.6 is 0 Å². The van der Waals surface area contributed by atoms with Gasteiger partial charge in [-0.05, 0) is 67.1 Å². The molecular formula is C22H20F3N3O3S. The first kappa shape index (κ1) is 23.3. The molecule has 0 saturated carbocycles. The third-order valence-corrected chi connectivity index (χ3v) is 6.34. The Morgan fingerprint density at radius 2 is 1.66 bits per heavy atom. The summed E-state index contributed by atoms with van der Waals surface area (Å²) >= 11 is 0. The molecule has 32 heavy (non-hydrogen) atoms. The third kappa shape index (κ3) is 5.25. The lowest BCUT2D eigenvalue weighted by Crippen LogP contribution is -2.29. The second-order valence-electron chi connectivity index (χ2n) is 7.08. The minimum Gasteiger partial charge on any atom is -0.335 e. The zero-order valence-electron chi connectivity index (χ0n) is 17.2. The summed E-state index contributed by atoms with van der Waals surface area (Å²) in [6, 6.07) is 12.4. The molecule has 1 amide bonds. The van der Waals surface area contributed by atoms with E-state index >= 15 is 0 Å². The zero-order chi connectivity index (χ0) is 23.5. The molecule has 0 fully saturated rings. The van der Waals surface area contributed by atoms with Crippen LogP contribution in [0.25, 0.3) is 0 Å². The quantitative estimate of drug-likeness (QED) is 0.573. The smallest absolute Gasteiger partial charge is 0.335 e. The van der Waals surface area contributed by atoms with Gasteiger partial charge >= 0.3 is 6.18 Å². The summed E-state index contributed by atoms with van der Waals surface area (Å²) in [6.07, 6.45) is -1.34. The van der Waals surface area contributed by atoms with Crippen molar-refractivity contribution in [1.29, 1.82) is 0 Å². The van der Waals surface area contributed by atoms with E-state index in [1.54, 1.807) is 31.6 Å². The van der Waals surface area contributed by atoms with Gasteiger partial charge in [0.15, 0.2) is 0 Å². The summed E-state index contributed by atoms with van der Waals surface area (Å²) in [5.41, 5.74) is -0.0253. The molecule has 1 aromatic heterocycles. The maximum absolute atomic E-state index is 12.9. The summed E-state index contributed by atoms with van der Waals surface area (Å²) in [5, 5.41) is 0. The third-order valence-electron chi connectivity index (χ3n) is 4.94. The van der Waals surface area contributed by atoms with Gasteiger partial charge in [-0.3, -0.25) is 14.5 Å². The number of nitrogens with one attached hydrogen (secondary N) is 1. The maximum Gasteiger partial charge on any atom is 0.416 e. The summed E-state index contributed by atoms with van der Waals surface area (Å²) in [6.45, 7) is 1.85. The highest BCUT2D eigenvalue weighted by Crippen LogP contribution is 2.31. The van der Waals surface area contributed by atoms with Crippen LogP contribution in [0.2, 0.25) is 0 Å². The van der Waals surface area contributed by atoms with E-state index in [1.165, 1.54) is 35.2 Å². The largest absolute Gasteiger partial charge is 0.416 e. The number of halogens is 3. The van der Waals surface area contributed by atoms with Crippen LogP contribution in [0.4, 0.5) is 18.9 Å². The van der Waals surface area contributed by atoms with Crippen molar-refractivity contribution in [1.82, 2.24) is 9.88 Å². The monoisotopic (exact) mass is 463 g/mol. The number of rotatable bonds is 6. The van der Waals surface area contributed by atoms with Gasteiger partial charge in [0.1, 0.15) is 0 Å². The molecule has 168 valence electrons. The van der Waals surface area contributed by atoms with Crippen molar-refractivity contribution in [2.75, 3.05) is 11.8 Å². The van der Waals surface area contributed by atoms with Crippen molar-refractivity contribution in [3.63, 3.8) is 0 Å². The molecule has 6 nitrogen and oxygen atoms in total. The van der Waals surface area contributed by atoms with E-state index in [2.05, 4.69) is 9.71 Å². The Labute approximate surface area is 183 Å². The SMILES string of the molecule is CC(c1ccncc1)N(C)C(=O)c1ccc(S(=O)(=O)Nc2cccc(C(F)(F)F)c2)cc1. The Morgan fingerprint density at radius 3 is 2.25 bits per heavy atom. The molecule has 0 spiro atoms. The minimum atomic E-state index is -4.59. The van der Waals surface area contributed by atoms with Crippen molar-refractivity contribution in [3.8, 4) is 0 Å². The fraction of sp³-hybridized carbons (Fsp3) is 0.182. The molecule has 0 radical (unpaired) electrons. The normalized spacial score (nSPS) is 12.8. The summed E-state index contributed by atoms with van der Waals surface area (Å²) in [4.78, 5) is 18.1. The van der Waals surface area contributed by atoms with Crippen LogP contribution < -0.4 is 4.72 Å². The van der Waals surface area contributed by atoms with Crippen LogP contribution in [-0.2, 0) is 16.2 Å². The van der Waals surface area contributed by atoms with Crippen LogP contribution in [0.3, 0.4) is 0 Å². The van der Waals surface area contributed by atoms with E-state index in [1.807, 2.05) is 6.92 Å². The number of sulfonamides is 1. The van der Waals surface area contributed by atoms with E-state index in [9.17, 15) is 26.4 Å². The molecule has 0 aliphatic rings. The number of hydrogen-bond donors (Lipinski definition) is 1. The van der Waals surface area contributed by atoms with Crippen LogP contribution in [0, 0.1) is 0 Å². The molecule has 0 bridgehead atoms. The number of pyridine rings is 1. The molecular weight excluding hydrogens is 443 g/mol. The maximum atomic E-state index is 12.9. The molecule has 10 heteroatoms. The van der Waals surface area contributed by atoms with Gasteiger partial charge in [0, 0.05) is 30.7 Å². The van der Waals surface area contributed by atoms with E-state index < -0.39 is 21.8 Å². The Hall–Kier alpha value is -3.40. The highest BCUT2D eigenvalue weighted by Gasteiger charge is 2.30. The Kier molecular flexibility index (Phi) is 6.54. The van der Waals surface area contributed by atoms with Crippen molar-refractivity contribution < 1.29 is 26.4 Å². The van der Waals surface area contributed by atoms with Gasteiger partial charge in [-0.2, -0.15) is 13.2 Å². The average Bonchev–Trinajstić information content (AvgIpc) is 2.77. The van der Waals surface area contributed by atoms with Crippen molar-refractivity contribution in [2.24, 2.45) is 0 Å². The minimum absolute atomic E-state index is 0.184. The molecule has 1 heterocycles. The first-order chi connectivity index (χ1) is 15.0. The molecule has 1 N–H and O–H groups in total. The molecule has 2 aromatic carbocycles. The van der Waals surface area contributed by atoms with Gasteiger partial charge < -0.3 is 4.90 Å². The van der Waals surface area contributed by atoms with E-state index in [0.29, 0.717) is 6.07 Å². The number of aromatic nitrogens is 1. The predicted octanol–water partition coefficient (Wildman–Crippen LogP) is 4.73. The zero-order valence-corrected chi connectivity index (χ0v) is 18.0. The number of anilines is 1. The Balaban J connectivity index is 1.76. The van der Waals surface area contributed by atoms with Gasteiger partial charge in [-0.1, -0.05) is 6.07 Å². The van der Waals surface area contributed by atoms with Crippen molar-refractivity contribution >= 4 is 21.6 Å². The molecule has 3 rings (SSSR count). The van der Waals surface area contributed by atoms with Gasteiger partial charge in [-0.15, -0.1) is 0 Å². The molecule has 1 atom stereocenters. The van der Waals surface area contributed by atoms with Gasteiger partial charge in [0.2, 0.25) is 0 Å².